The Bertz CT molecular complexity index is 825. The minimum Gasteiger partial charge on any atom is -0.493 e. The van der Waals surface area contributed by atoms with Crippen LogP contribution in [0.1, 0.15) is 35.8 Å². The van der Waals surface area contributed by atoms with Gasteiger partial charge in [0, 0.05) is 6.54 Å². The maximum absolute atomic E-state index is 12.1. The third-order valence-electron chi connectivity index (χ3n) is 3.88. The van der Waals surface area contributed by atoms with E-state index in [1.807, 2.05) is 11.5 Å². The maximum atomic E-state index is 12.1. The van der Waals surface area contributed by atoms with E-state index in [1.54, 1.807) is 22.8 Å². The number of fused-ring (bicyclic) bond motifs is 1. The van der Waals surface area contributed by atoms with E-state index in [4.69, 9.17) is 28.6 Å². The predicted molar refractivity (Wildman–Crippen MR) is 90.2 cm³/mol. The van der Waals surface area contributed by atoms with Gasteiger partial charge >= 0.3 is 5.97 Å². The highest BCUT2D eigenvalue weighted by atomic mass is 35.5. The number of nitrogens with zero attached hydrogens (tertiary/aromatic N) is 2. The smallest absolute Gasteiger partial charge is 0.339 e. The maximum Gasteiger partial charge on any atom is 0.339 e. The molecule has 0 amide bonds. The number of rotatable bonds is 4. The molecule has 1 aliphatic rings. The van der Waals surface area contributed by atoms with Crippen molar-refractivity contribution < 1.29 is 14.6 Å². The van der Waals surface area contributed by atoms with Crippen LogP contribution < -0.4 is 0 Å². The first-order valence-electron chi connectivity index (χ1n) is 7.55. The van der Waals surface area contributed by atoms with Gasteiger partial charge in [0.2, 0.25) is 5.88 Å². The number of hydrogen-bond acceptors (Lipinski definition) is 4. The first-order valence-corrected chi connectivity index (χ1v) is 8.33. The van der Waals surface area contributed by atoms with Crippen LogP contribution in [0.25, 0.3) is 5.69 Å². The predicted octanol–water partition coefficient (Wildman–Crippen LogP) is 3.88. The molecular formula is C16H17ClN2O3S. The first kappa shape index (κ1) is 16.1. The number of aromatic hydroxyl groups is 1. The number of imidazole rings is 1. The van der Waals surface area contributed by atoms with Crippen molar-refractivity contribution in [2.45, 2.75) is 32.7 Å². The van der Waals surface area contributed by atoms with E-state index in [9.17, 15) is 9.90 Å². The lowest BCUT2D eigenvalue weighted by molar-refractivity contribution is 0.0505. The van der Waals surface area contributed by atoms with Crippen LogP contribution in [0.5, 0.6) is 5.88 Å². The number of benzene rings is 1. The van der Waals surface area contributed by atoms with E-state index in [1.165, 1.54) is 0 Å². The lowest BCUT2D eigenvalue weighted by atomic mass is 10.2. The second-order valence-corrected chi connectivity index (χ2v) is 6.22. The fourth-order valence-corrected chi connectivity index (χ4v) is 3.36. The molecular weight excluding hydrogens is 336 g/mol. The largest absolute Gasteiger partial charge is 0.493 e. The van der Waals surface area contributed by atoms with Crippen LogP contribution in [0.2, 0.25) is 5.02 Å². The molecule has 0 saturated heterocycles. The van der Waals surface area contributed by atoms with Gasteiger partial charge in [-0.05, 0) is 49.7 Å². The molecule has 0 radical (unpaired) electrons. The fraction of sp³-hybridized carbons (Fsp3) is 0.375. The van der Waals surface area contributed by atoms with E-state index in [2.05, 4.69) is 0 Å². The number of hydrogen-bond donors (Lipinski definition) is 1. The van der Waals surface area contributed by atoms with E-state index in [-0.39, 0.29) is 11.4 Å². The van der Waals surface area contributed by atoms with Gasteiger partial charge < -0.3 is 14.4 Å². The van der Waals surface area contributed by atoms with Gasteiger partial charge in [-0.3, -0.25) is 4.57 Å². The first-order chi connectivity index (χ1) is 11.0. The normalized spacial score (nSPS) is 13.1. The number of halogens is 1. The van der Waals surface area contributed by atoms with Crippen molar-refractivity contribution in [3.63, 3.8) is 0 Å². The van der Waals surface area contributed by atoms with Gasteiger partial charge in [0.15, 0.2) is 4.77 Å². The Morgan fingerprint density at radius 1 is 1.48 bits per heavy atom. The quantitative estimate of drug-likeness (QED) is 0.670. The SMILES string of the molecule is CCCOC(=O)c1cc(-n2c(O)c3n(c2=S)CCC3)ccc1Cl. The van der Waals surface area contributed by atoms with Crippen molar-refractivity contribution in [3.8, 4) is 11.6 Å². The molecule has 5 nitrogen and oxygen atoms in total. The van der Waals surface area contributed by atoms with Crippen LogP contribution in [0, 0.1) is 4.77 Å². The van der Waals surface area contributed by atoms with Crippen LogP contribution >= 0.6 is 23.8 Å². The topological polar surface area (TPSA) is 56.4 Å². The average molecular weight is 353 g/mol. The molecule has 3 rings (SSSR count). The van der Waals surface area contributed by atoms with Crippen molar-refractivity contribution in [3.05, 3.63) is 39.3 Å². The number of aromatic nitrogens is 2. The fourth-order valence-electron chi connectivity index (χ4n) is 2.77. The highest BCUT2D eigenvalue weighted by molar-refractivity contribution is 7.71. The number of carbonyl (C=O) groups excluding carboxylic acids is 1. The molecule has 2 aromatic rings. The lowest BCUT2D eigenvalue weighted by Gasteiger charge is -2.10. The third kappa shape index (κ3) is 2.77. The summed E-state index contributed by atoms with van der Waals surface area (Å²) < 4.78 is 9.15. The molecule has 2 heterocycles. The van der Waals surface area contributed by atoms with Gasteiger partial charge in [-0.25, -0.2) is 4.79 Å². The summed E-state index contributed by atoms with van der Waals surface area (Å²) in [6, 6.07) is 4.94. The van der Waals surface area contributed by atoms with Crippen LogP contribution in [-0.2, 0) is 17.7 Å². The number of carbonyl (C=O) groups is 1. The van der Waals surface area contributed by atoms with Crippen LogP contribution in [-0.4, -0.2) is 26.8 Å². The molecule has 0 bridgehead atoms. The molecule has 1 aromatic heterocycles. The van der Waals surface area contributed by atoms with Gasteiger partial charge in [-0.15, -0.1) is 0 Å². The Labute approximate surface area is 144 Å². The van der Waals surface area contributed by atoms with Crippen molar-refractivity contribution in [2.24, 2.45) is 0 Å². The summed E-state index contributed by atoms with van der Waals surface area (Å²) in [5.74, 6) is -0.348. The van der Waals surface area contributed by atoms with Crippen LogP contribution in [0.3, 0.4) is 0 Å². The average Bonchev–Trinajstić information content (AvgIpc) is 3.11. The Hall–Kier alpha value is -1.79. The van der Waals surface area contributed by atoms with Gasteiger partial charge in [0.1, 0.15) is 0 Å². The van der Waals surface area contributed by atoms with Gasteiger partial charge in [0.05, 0.1) is 28.6 Å². The minimum absolute atomic E-state index is 0.127. The van der Waals surface area contributed by atoms with E-state index >= 15 is 0 Å². The molecule has 7 heteroatoms. The van der Waals surface area contributed by atoms with Gasteiger partial charge in [-0.2, -0.15) is 0 Å². The van der Waals surface area contributed by atoms with Crippen molar-refractivity contribution >= 4 is 29.8 Å². The summed E-state index contributed by atoms with van der Waals surface area (Å²) in [6.45, 7) is 3.06. The molecule has 0 saturated carbocycles. The zero-order valence-electron chi connectivity index (χ0n) is 12.7. The third-order valence-corrected chi connectivity index (χ3v) is 4.61. The zero-order chi connectivity index (χ0) is 16.6. The summed E-state index contributed by atoms with van der Waals surface area (Å²) in [5.41, 5.74) is 1.70. The monoisotopic (exact) mass is 352 g/mol. The molecule has 1 aliphatic heterocycles. The Morgan fingerprint density at radius 2 is 2.26 bits per heavy atom. The summed E-state index contributed by atoms with van der Waals surface area (Å²) >= 11 is 11.6. The summed E-state index contributed by atoms with van der Waals surface area (Å²) in [5, 5.41) is 10.8. The van der Waals surface area contributed by atoms with Crippen molar-refractivity contribution in [1.29, 1.82) is 0 Å². The molecule has 0 fully saturated rings. The molecule has 0 aliphatic carbocycles. The molecule has 1 aromatic carbocycles. The molecule has 1 N–H and O–H groups in total. The second kappa shape index (κ2) is 6.37. The van der Waals surface area contributed by atoms with Gasteiger partial charge in [-0.1, -0.05) is 18.5 Å². The lowest BCUT2D eigenvalue weighted by Crippen LogP contribution is -2.08. The van der Waals surface area contributed by atoms with E-state index in [0.717, 1.165) is 31.5 Å². The minimum atomic E-state index is -0.476. The Kier molecular flexibility index (Phi) is 4.46. The Morgan fingerprint density at radius 3 is 2.96 bits per heavy atom. The molecule has 23 heavy (non-hydrogen) atoms. The van der Waals surface area contributed by atoms with Crippen molar-refractivity contribution in [2.75, 3.05) is 6.61 Å². The molecule has 122 valence electrons. The van der Waals surface area contributed by atoms with Crippen LogP contribution in [0.15, 0.2) is 18.2 Å². The highest BCUT2D eigenvalue weighted by Gasteiger charge is 2.23. The molecule has 0 atom stereocenters. The van der Waals surface area contributed by atoms with Gasteiger partial charge in [0.25, 0.3) is 0 Å². The summed E-state index contributed by atoms with van der Waals surface area (Å²) in [4.78, 5) is 12.1. The standard InChI is InChI=1S/C16H17ClN2O3S/c1-2-8-22-15(21)11-9-10(5-6-12(11)17)19-14(20)13-4-3-7-18(13)16(19)23/h5-6,9,20H,2-4,7-8H2,1H3. The zero-order valence-corrected chi connectivity index (χ0v) is 14.3. The highest BCUT2D eigenvalue weighted by Crippen LogP contribution is 2.31. The van der Waals surface area contributed by atoms with E-state index in [0.29, 0.717) is 22.1 Å². The number of ether oxygens (including phenoxy) is 1. The summed E-state index contributed by atoms with van der Waals surface area (Å²) in [7, 11) is 0. The second-order valence-electron chi connectivity index (χ2n) is 5.44. The van der Waals surface area contributed by atoms with E-state index < -0.39 is 5.97 Å². The molecule has 0 unspecified atom stereocenters. The van der Waals surface area contributed by atoms with Crippen LogP contribution in [0.4, 0.5) is 0 Å². The molecule has 0 spiro atoms. The van der Waals surface area contributed by atoms with Crippen molar-refractivity contribution in [1.82, 2.24) is 9.13 Å². The summed E-state index contributed by atoms with van der Waals surface area (Å²) in [6.07, 6.45) is 2.51. The number of esters is 1. The Balaban J connectivity index is 2.06.